The molecule has 144 valence electrons. The number of fused-ring (bicyclic) bond motifs is 1. The Labute approximate surface area is 163 Å². The quantitative estimate of drug-likeness (QED) is 0.736. The SMILES string of the molecule is CC(c1c[nH]c2cccc(OCc3ccccc3)c12)C1OC(N(C)C)=NC1=O. The van der Waals surface area contributed by atoms with Crippen LogP contribution in [0.25, 0.3) is 10.9 Å². The number of aliphatic imine (C=N–C) groups is 1. The van der Waals surface area contributed by atoms with Crippen LogP contribution in [0.3, 0.4) is 0 Å². The maximum absolute atomic E-state index is 12.4. The van der Waals surface area contributed by atoms with Gasteiger partial charge in [0.1, 0.15) is 12.4 Å². The standard InChI is InChI=1S/C22H23N3O3/c1-14(20-21(26)24-22(28-20)25(2)3)16-12-23-17-10-7-11-18(19(16)17)27-13-15-8-5-4-6-9-15/h4-12,14,20,23H,13H2,1-3H3. The van der Waals surface area contributed by atoms with E-state index in [9.17, 15) is 4.79 Å². The Balaban J connectivity index is 1.62. The number of nitrogens with one attached hydrogen (secondary N) is 1. The second-order valence-electron chi connectivity index (χ2n) is 7.15. The molecule has 0 radical (unpaired) electrons. The number of ether oxygens (including phenoxy) is 2. The lowest BCUT2D eigenvalue weighted by molar-refractivity contribution is -0.123. The van der Waals surface area contributed by atoms with E-state index in [4.69, 9.17) is 9.47 Å². The minimum atomic E-state index is -0.640. The third-order valence-electron chi connectivity index (χ3n) is 4.94. The lowest BCUT2D eigenvalue weighted by atomic mass is 9.94. The van der Waals surface area contributed by atoms with E-state index in [1.807, 2.05) is 61.7 Å². The van der Waals surface area contributed by atoms with Gasteiger partial charge in [-0.15, -0.1) is 0 Å². The zero-order valence-electron chi connectivity index (χ0n) is 16.2. The van der Waals surface area contributed by atoms with Gasteiger partial charge in [-0.2, -0.15) is 4.99 Å². The van der Waals surface area contributed by atoms with Crippen LogP contribution in [0.1, 0.15) is 24.0 Å². The molecule has 3 aromatic rings. The largest absolute Gasteiger partial charge is 0.488 e. The van der Waals surface area contributed by atoms with E-state index in [1.165, 1.54) is 0 Å². The molecule has 0 fully saturated rings. The van der Waals surface area contributed by atoms with Crippen molar-refractivity contribution < 1.29 is 14.3 Å². The third kappa shape index (κ3) is 3.33. The van der Waals surface area contributed by atoms with Crippen LogP contribution in [0, 0.1) is 0 Å². The van der Waals surface area contributed by atoms with Gasteiger partial charge in [-0.1, -0.05) is 43.3 Å². The van der Waals surface area contributed by atoms with Gasteiger partial charge >= 0.3 is 0 Å². The van der Waals surface area contributed by atoms with Crippen molar-refractivity contribution in [2.24, 2.45) is 4.99 Å². The van der Waals surface area contributed by atoms with Crippen LogP contribution < -0.4 is 4.74 Å². The van der Waals surface area contributed by atoms with Crippen molar-refractivity contribution in [3.63, 3.8) is 0 Å². The maximum Gasteiger partial charge on any atom is 0.295 e. The average molecular weight is 377 g/mol. The van der Waals surface area contributed by atoms with E-state index in [2.05, 4.69) is 9.98 Å². The first kappa shape index (κ1) is 18.1. The highest BCUT2D eigenvalue weighted by Gasteiger charge is 2.36. The highest BCUT2D eigenvalue weighted by molar-refractivity contribution is 5.99. The second kappa shape index (κ2) is 7.38. The summed E-state index contributed by atoms with van der Waals surface area (Å²) in [7, 11) is 3.61. The summed E-state index contributed by atoms with van der Waals surface area (Å²) in [5, 5.41) is 0.973. The second-order valence-corrected chi connectivity index (χ2v) is 7.15. The molecule has 6 heteroatoms. The summed E-state index contributed by atoms with van der Waals surface area (Å²) in [5.41, 5.74) is 3.04. The van der Waals surface area contributed by atoms with Crippen LogP contribution in [-0.2, 0) is 16.1 Å². The first-order chi connectivity index (χ1) is 13.5. The molecule has 2 aromatic carbocycles. The summed E-state index contributed by atoms with van der Waals surface area (Å²) < 4.78 is 11.9. The number of rotatable bonds is 5. The van der Waals surface area contributed by atoms with E-state index in [0.29, 0.717) is 12.6 Å². The van der Waals surface area contributed by atoms with Crippen LogP contribution in [0.2, 0.25) is 0 Å². The van der Waals surface area contributed by atoms with Crippen molar-refractivity contribution in [3.8, 4) is 5.75 Å². The van der Waals surface area contributed by atoms with Gasteiger partial charge in [0.2, 0.25) is 0 Å². The van der Waals surface area contributed by atoms with E-state index in [-0.39, 0.29) is 11.8 Å². The molecular weight excluding hydrogens is 354 g/mol. The zero-order chi connectivity index (χ0) is 19.7. The van der Waals surface area contributed by atoms with Crippen molar-refractivity contribution in [1.82, 2.24) is 9.88 Å². The fourth-order valence-electron chi connectivity index (χ4n) is 3.42. The molecule has 0 saturated carbocycles. The van der Waals surface area contributed by atoms with E-state index < -0.39 is 6.10 Å². The summed E-state index contributed by atoms with van der Waals surface area (Å²) in [6.07, 6.45) is 1.29. The third-order valence-corrected chi connectivity index (χ3v) is 4.94. The van der Waals surface area contributed by atoms with Gasteiger partial charge in [0.15, 0.2) is 6.10 Å². The summed E-state index contributed by atoms with van der Waals surface area (Å²) in [5.74, 6) is 0.348. The maximum atomic E-state index is 12.4. The number of hydrogen-bond acceptors (Lipinski definition) is 4. The molecule has 0 spiro atoms. The number of carbonyl (C=O) groups excluding carboxylic acids is 1. The van der Waals surface area contributed by atoms with Gasteiger partial charge in [-0.25, -0.2) is 0 Å². The molecule has 1 aromatic heterocycles. The molecule has 2 unspecified atom stereocenters. The van der Waals surface area contributed by atoms with E-state index in [1.54, 1.807) is 19.0 Å². The minimum Gasteiger partial charge on any atom is -0.488 e. The molecule has 0 bridgehead atoms. The number of aromatic nitrogens is 1. The van der Waals surface area contributed by atoms with Crippen molar-refractivity contribution in [1.29, 1.82) is 0 Å². The molecule has 1 amide bonds. The molecule has 2 heterocycles. The topological polar surface area (TPSA) is 66.9 Å². The number of benzene rings is 2. The molecule has 1 N–H and O–H groups in total. The smallest absolute Gasteiger partial charge is 0.295 e. The lowest BCUT2D eigenvalue weighted by Gasteiger charge is -2.20. The van der Waals surface area contributed by atoms with Crippen molar-refractivity contribution in [2.45, 2.75) is 25.6 Å². The summed E-state index contributed by atoms with van der Waals surface area (Å²) in [6, 6.07) is 16.3. The number of amides is 1. The summed E-state index contributed by atoms with van der Waals surface area (Å²) in [4.78, 5) is 21.4. The van der Waals surface area contributed by atoms with Crippen molar-refractivity contribution in [2.75, 3.05) is 14.1 Å². The Kier molecular flexibility index (Phi) is 4.77. The van der Waals surface area contributed by atoms with E-state index in [0.717, 1.165) is 27.8 Å². The Morgan fingerprint density at radius 2 is 1.96 bits per heavy atom. The van der Waals surface area contributed by atoms with Gasteiger partial charge in [-0.3, -0.25) is 4.79 Å². The van der Waals surface area contributed by atoms with Gasteiger partial charge in [-0.05, 0) is 23.3 Å². The number of H-pyrrole nitrogens is 1. The molecule has 0 aliphatic carbocycles. The Morgan fingerprint density at radius 1 is 1.18 bits per heavy atom. The molecule has 1 aliphatic heterocycles. The Hall–Kier alpha value is -3.28. The average Bonchev–Trinajstić information content (AvgIpc) is 3.31. The molecule has 28 heavy (non-hydrogen) atoms. The highest BCUT2D eigenvalue weighted by atomic mass is 16.5. The van der Waals surface area contributed by atoms with Crippen LogP contribution in [0.4, 0.5) is 0 Å². The van der Waals surface area contributed by atoms with Crippen molar-refractivity contribution >= 4 is 22.8 Å². The summed E-state index contributed by atoms with van der Waals surface area (Å²) in [6.45, 7) is 2.46. The predicted octanol–water partition coefficient (Wildman–Crippen LogP) is 3.69. The summed E-state index contributed by atoms with van der Waals surface area (Å²) >= 11 is 0. The van der Waals surface area contributed by atoms with Gasteiger partial charge in [0.05, 0.1) is 0 Å². The van der Waals surface area contributed by atoms with Gasteiger partial charge < -0.3 is 19.4 Å². The fraction of sp³-hybridized carbons (Fsp3) is 0.273. The van der Waals surface area contributed by atoms with Gasteiger partial charge in [0.25, 0.3) is 11.9 Å². The Morgan fingerprint density at radius 3 is 2.68 bits per heavy atom. The van der Waals surface area contributed by atoms with Crippen LogP contribution in [-0.4, -0.2) is 42.0 Å². The monoisotopic (exact) mass is 377 g/mol. The molecule has 2 atom stereocenters. The zero-order valence-corrected chi connectivity index (χ0v) is 16.2. The Bertz CT molecular complexity index is 1020. The minimum absolute atomic E-state index is 0.177. The molecule has 6 nitrogen and oxygen atoms in total. The number of aromatic amines is 1. The molecule has 0 saturated heterocycles. The first-order valence-corrected chi connectivity index (χ1v) is 9.28. The van der Waals surface area contributed by atoms with Crippen LogP contribution in [0.5, 0.6) is 5.75 Å². The predicted molar refractivity (Wildman–Crippen MR) is 108 cm³/mol. The van der Waals surface area contributed by atoms with E-state index >= 15 is 0 Å². The first-order valence-electron chi connectivity index (χ1n) is 9.28. The number of hydrogen-bond donors (Lipinski definition) is 1. The van der Waals surface area contributed by atoms with Crippen molar-refractivity contribution in [3.05, 3.63) is 65.9 Å². The number of amidine groups is 1. The number of carbonyl (C=O) groups is 1. The van der Waals surface area contributed by atoms with Crippen LogP contribution in [0.15, 0.2) is 59.7 Å². The van der Waals surface area contributed by atoms with Crippen LogP contribution >= 0.6 is 0 Å². The fourth-order valence-corrected chi connectivity index (χ4v) is 3.42. The van der Waals surface area contributed by atoms with Gasteiger partial charge in [0, 0.05) is 37.1 Å². The normalized spacial score (nSPS) is 17.3. The lowest BCUT2D eigenvalue weighted by Crippen LogP contribution is -2.28. The molecular formula is C22H23N3O3. The highest BCUT2D eigenvalue weighted by Crippen LogP contribution is 2.36. The number of nitrogens with zero attached hydrogens (tertiary/aromatic N) is 2. The molecule has 4 rings (SSSR count). The molecule has 1 aliphatic rings.